The molecule has 21 heavy (non-hydrogen) atoms. The van der Waals surface area contributed by atoms with Crippen molar-refractivity contribution in [1.29, 1.82) is 0 Å². The molecule has 0 saturated carbocycles. The molecule has 2 aromatic rings. The first kappa shape index (κ1) is 16.0. The summed E-state index contributed by atoms with van der Waals surface area (Å²) in [5.74, 6) is 0.370. The first-order chi connectivity index (χ1) is 9.88. The maximum atomic E-state index is 12.7. The molecule has 1 nitrogen and oxygen atoms in total. The number of halogens is 3. The maximum Gasteiger partial charge on any atom is 0.416 e. The van der Waals surface area contributed by atoms with Crippen LogP contribution in [0, 0.1) is 5.92 Å². The van der Waals surface area contributed by atoms with Crippen LogP contribution in [0.15, 0.2) is 41.8 Å². The first-order valence-electron chi connectivity index (χ1n) is 6.81. The van der Waals surface area contributed by atoms with Gasteiger partial charge < -0.3 is 5.32 Å². The lowest BCUT2D eigenvalue weighted by Crippen LogP contribution is -2.24. The van der Waals surface area contributed by atoms with Gasteiger partial charge in [-0.2, -0.15) is 13.2 Å². The summed E-state index contributed by atoms with van der Waals surface area (Å²) in [7, 11) is 0. The second-order valence-electron chi connectivity index (χ2n) is 5.32. The van der Waals surface area contributed by atoms with Crippen molar-refractivity contribution in [3.05, 3.63) is 57.8 Å². The number of alkyl halides is 3. The van der Waals surface area contributed by atoms with Crippen LogP contribution in [-0.4, -0.2) is 0 Å². The number of thiophene rings is 1. The van der Waals surface area contributed by atoms with Gasteiger partial charge in [-0.25, -0.2) is 0 Å². The summed E-state index contributed by atoms with van der Waals surface area (Å²) in [5, 5.41) is 5.37. The Labute approximate surface area is 126 Å². The van der Waals surface area contributed by atoms with Crippen LogP contribution in [0.3, 0.4) is 0 Å². The molecule has 0 saturated heterocycles. The van der Waals surface area contributed by atoms with Crippen LogP contribution in [0.4, 0.5) is 13.2 Å². The normalized spacial score (nSPS) is 13.6. The highest BCUT2D eigenvalue weighted by Gasteiger charge is 2.30. The van der Waals surface area contributed by atoms with E-state index in [1.54, 1.807) is 17.4 Å². The average molecular weight is 313 g/mol. The minimum atomic E-state index is -4.29. The van der Waals surface area contributed by atoms with Crippen LogP contribution < -0.4 is 5.32 Å². The van der Waals surface area contributed by atoms with Crippen molar-refractivity contribution < 1.29 is 13.2 Å². The fraction of sp³-hybridized carbons (Fsp3) is 0.375. The fourth-order valence-electron chi connectivity index (χ4n) is 2.22. The van der Waals surface area contributed by atoms with Gasteiger partial charge in [-0.05, 0) is 29.0 Å². The third-order valence-corrected chi connectivity index (χ3v) is 4.25. The Morgan fingerprint density at radius 2 is 1.90 bits per heavy atom. The van der Waals surface area contributed by atoms with Crippen molar-refractivity contribution in [3.8, 4) is 0 Å². The number of benzene rings is 1. The highest BCUT2D eigenvalue weighted by Crippen LogP contribution is 2.30. The second-order valence-corrected chi connectivity index (χ2v) is 6.30. The smallest absolute Gasteiger partial charge is 0.305 e. The molecule has 1 atom stereocenters. The largest absolute Gasteiger partial charge is 0.416 e. The Kier molecular flexibility index (Phi) is 5.06. The van der Waals surface area contributed by atoms with E-state index in [0.29, 0.717) is 18.0 Å². The molecule has 1 aromatic carbocycles. The molecular weight excluding hydrogens is 295 g/mol. The third kappa shape index (κ3) is 4.32. The summed E-state index contributed by atoms with van der Waals surface area (Å²) in [6.45, 7) is 4.62. The van der Waals surface area contributed by atoms with Crippen molar-refractivity contribution in [2.24, 2.45) is 5.92 Å². The molecule has 1 N–H and O–H groups in total. The van der Waals surface area contributed by atoms with E-state index in [1.165, 1.54) is 17.0 Å². The molecule has 0 fully saturated rings. The Morgan fingerprint density at radius 1 is 1.14 bits per heavy atom. The van der Waals surface area contributed by atoms with Crippen LogP contribution in [0.25, 0.3) is 0 Å². The Hall–Kier alpha value is -1.33. The number of hydrogen-bond donors (Lipinski definition) is 1. The minimum absolute atomic E-state index is 0.152. The van der Waals surface area contributed by atoms with Crippen molar-refractivity contribution in [1.82, 2.24) is 5.32 Å². The molecule has 1 aromatic heterocycles. The molecule has 2 rings (SSSR count). The van der Waals surface area contributed by atoms with Crippen LogP contribution in [-0.2, 0) is 12.7 Å². The van der Waals surface area contributed by atoms with Gasteiger partial charge in [0.15, 0.2) is 0 Å². The third-order valence-electron chi connectivity index (χ3n) is 3.30. The zero-order chi connectivity index (χ0) is 15.5. The van der Waals surface area contributed by atoms with Gasteiger partial charge >= 0.3 is 6.18 Å². The lowest BCUT2D eigenvalue weighted by Gasteiger charge is -2.21. The van der Waals surface area contributed by atoms with Gasteiger partial charge in [0.05, 0.1) is 5.56 Å². The molecular formula is C16H18F3NS. The maximum absolute atomic E-state index is 12.7. The monoisotopic (exact) mass is 313 g/mol. The zero-order valence-electron chi connectivity index (χ0n) is 11.9. The predicted molar refractivity (Wildman–Crippen MR) is 80.2 cm³/mol. The molecule has 0 radical (unpaired) electrons. The van der Waals surface area contributed by atoms with Crippen molar-refractivity contribution in [3.63, 3.8) is 0 Å². The van der Waals surface area contributed by atoms with Crippen LogP contribution >= 0.6 is 11.3 Å². The van der Waals surface area contributed by atoms with Gasteiger partial charge in [0.2, 0.25) is 0 Å². The molecule has 0 bridgehead atoms. The average Bonchev–Trinajstić information content (AvgIpc) is 2.92. The van der Waals surface area contributed by atoms with E-state index in [0.717, 1.165) is 6.07 Å². The number of rotatable bonds is 5. The Bertz CT molecular complexity index is 561. The van der Waals surface area contributed by atoms with Gasteiger partial charge in [-0.15, -0.1) is 11.3 Å². The summed E-state index contributed by atoms with van der Waals surface area (Å²) >= 11 is 1.66. The van der Waals surface area contributed by atoms with Gasteiger partial charge in [-0.1, -0.05) is 38.1 Å². The van der Waals surface area contributed by atoms with E-state index in [9.17, 15) is 13.2 Å². The molecule has 114 valence electrons. The van der Waals surface area contributed by atoms with Crippen LogP contribution in [0.2, 0.25) is 0 Å². The van der Waals surface area contributed by atoms with E-state index >= 15 is 0 Å². The predicted octanol–water partition coefficient (Wildman–Crippen LogP) is 5.25. The molecule has 0 spiro atoms. The molecule has 0 aliphatic heterocycles. The van der Waals surface area contributed by atoms with Crippen molar-refractivity contribution in [2.75, 3.05) is 0 Å². The van der Waals surface area contributed by atoms with Crippen LogP contribution in [0.5, 0.6) is 0 Å². The summed E-state index contributed by atoms with van der Waals surface area (Å²) in [6, 6.07) is 9.67. The summed E-state index contributed by atoms with van der Waals surface area (Å²) in [6.07, 6.45) is -4.29. The van der Waals surface area contributed by atoms with E-state index in [-0.39, 0.29) is 6.04 Å². The molecule has 0 aliphatic carbocycles. The summed E-state index contributed by atoms with van der Waals surface area (Å²) in [5.41, 5.74) is 0.0473. The van der Waals surface area contributed by atoms with E-state index in [4.69, 9.17) is 0 Å². The fourth-order valence-corrected chi connectivity index (χ4v) is 3.19. The Morgan fingerprint density at radius 3 is 2.48 bits per heavy atom. The standard InChI is InChI=1S/C16H18F3NS/c1-11(2)15(14-7-4-8-21-14)20-10-12-5-3-6-13(9-12)16(17,18)19/h3-9,11,15,20H,10H2,1-2H3. The summed E-state index contributed by atoms with van der Waals surface area (Å²) < 4.78 is 38.1. The Balaban J connectivity index is 2.08. The second kappa shape index (κ2) is 6.62. The molecule has 1 unspecified atom stereocenters. The highest BCUT2D eigenvalue weighted by molar-refractivity contribution is 7.10. The number of hydrogen-bond acceptors (Lipinski definition) is 2. The lowest BCUT2D eigenvalue weighted by molar-refractivity contribution is -0.137. The van der Waals surface area contributed by atoms with Crippen LogP contribution in [0.1, 0.15) is 35.9 Å². The quantitative estimate of drug-likeness (QED) is 0.794. The first-order valence-corrected chi connectivity index (χ1v) is 7.69. The molecule has 1 heterocycles. The van der Waals surface area contributed by atoms with Crippen molar-refractivity contribution in [2.45, 2.75) is 32.6 Å². The minimum Gasteiger partial charge on any atom is -0.305 e. The number of nitrogens with one attached hydrogen (secondary N) is 1. The summed E-state index contributed by atoms with van der Waals surface area (Å²) in [4.78, 5) is 1.21. The van der Waals surface area contributed by atoms with Gasteiger partial charge in [0.25, 0.3) is 0 Å². The van der Waals surface area contributed by atoms with E-state index in [1.807, 2.05) is 11.4 Å². The highest BCUT2D eigenvalue weighted by atomic mass is 32.1. The molecule has 0 aliphatic rings. The van der Waals surface area contributed by atoms with Gasteiger partial charge in [0, 0.05) is 17.5 Å². The molecule has 0 amide bonds. The van der Waals surface area contributed by atoms with E-state index < -0.39 is 11.7 Å². The molecule has 5 heteroatoms. The topological polar surface area (TPSA) is 12.0 Å². The zero-order valence-corrected chi connectivity index (χ0v) is 12.8. The van der Waals surface area contributed by atoms with Gasteiger partial charge in [-0.3, -0.25) is 0 Å². The van der Waals surface area contributed by atoms with E-state index in [2.05, 4.69) is 25.2 Å². The SMILES string of the molecule is CC(C)C(NCc1cccc(C(F)(F)F)c1)c1cccs1. The van der Waals surface area contributed by atoms with Gasteiger partial charge in [0.1, 0.15) is 0 Å². The lowest BCUT2D eigenvalue weighted by atomic mass is 10.0. The van der Waals surface area contributed by atoms with Crippen molar-refractivity contribution >= 4 is 11.3 Å².